The summed E-state index contributed by atoms with van der Waals surface area (Å²) in [6.45, 7) is 4.68. The minimum Gasteiger partial charge on any atom is -0.450 e. The Bertz CT molecular complexity index is 499. The summed E-state index contributed by atoms with van der Waals surface area (Å²) in [5.74, 6) is 1.29. The summed E-state index contributed by atoms with van der Waals surface area (Å²) in [5, 5.41) is 0. The number of benzene rings is 1. The summed E-state index contributed by atoms with van der Waals surface area (Å²) in [6, 6.07) is 7.91. The lowest BCUT2D eigenvalue weighted by Gasteiger charge is -2.15. The van der Waals surface area contributed by atoms with Crippen molar-refractivity contribution in [2.45, 2.75) is 57.3 Å². The Kier molecular flexibility index (Phi) is 9.60. The van der Waals surface area contributed by atoms with E-state index in [1.165, 1.54) is 0 Å². The van der Waals surface area contributed by atoms with Crippen LogP contribution in [0.4, 0.5) is 4.79 Å². The highest BCUT2D eigenvalue weighted by molar-refractivity contribution is 7.85. The summed E-state index contributed by atoms with van der Waals surface area (Å²) in [7, 11) is -0.947. The summed E-state index contributed by atoms with van der Waals surface area (Å²) >= 11 is 0. The van der Waals surface area contributed by atoms with Crippen molar-refractivity contribution < 1.29 is 13.7 Å². The van der Waals surface area contributed by atoms with E-state index in [-0.39, 0.29) is 0 Å². The van der Waals surface area contributed by atoms with Gasteiger partial charge < -0.3 is 10.5 Å². The van der Waals surface area contributed by atoms with Crippen molar-refractivity contribution in [3.8, 4) is 0 Å². The van der Waals surface area contributed by atoms with Crippen LogP contribution in [0.15, 0.2) is 29.2 Å². The molecule has 0 aliphatic heterocycles. The van der Waals surface area contributed by atoms with Crippen molar-refractivity contribution in [1.82, 2.24) is 0 Å². The van der Waals surface area contributed by atoms with Crippen molar-refractivity contribution in [1.29, 1.82) is 0 Å². The van der Waals surface area contributed by atoms with Gasteiger partial charge in [0.2, 0.25) is 0 Å². The van der Waals surface area contributed by atoms with Crippen LogP contribution < -0.4 is 5.73 Å². The molecule has 0 saturated carbocycles. The number of primary amides is 1. The Balaban J connectivity index is 2.56. The van der Waals surface area contributed by atoms with Crippen LogP contribution in [-0.4, -0.2) is 22.7 Å². The first-order chi connectivity index (χ1) is 11.1. The lowest BCUT2D eigenvalue weighted by molar-refractivity contribution is 0.155. The smallest absolute Gasteiger partial charge is 0.404 e. The molecule has 130 valence electrons. The van der Waals surface area contributed by atoms with Gasteiger partial charge in [-0.1, -0.05) is 38.8 Å². The molecule has 0 saturated heterocycles. The average Bonchev–Trinajstić information content (AvgIpc) is 2.52. The maximum Gasteiger partial charge on any atom is 0.404 e. The van der Waals surface area contributed by atoms with Crippen LogP contribution in [-0.2, 0) is 22.0 Å². The third kappa shape index (κ3) is 8.16. The van der Waals surface area contributed by atoms with Gasteiger partial charge in [0.25, 0.3) is 0 Å². The summed E-state index contributed by atoms with van der Waals surface area (Å²) in [5.41, 5.74) is 6.05. The van der Waals surface area contributed by atoms with E-state index in [0.29, 0.717) is 18.9 Å². The second kappa shape index (κ2) is 11.2. The molecule has 0 aromatic heterocycles. The van der Waals surface area contributed by atoms with E-state index in [9.17, 15) is 9.00 Å². The van der Waals surface area contributed by atoms with Crippen LogP contribution in [0.25, 0.3) is 0 Å². The molecular weight excluding hydrogens is 310 g/mol. The molecule has 4 nitrogen and oxygen atoms in total. The maximum absolute atomic E-state index is 12.6. The highest BCUT2D eigenvalue weighted by atomic mass is 32.2. The molecule has 1 aromatic rings. The first-order valence-corrected chi connectivity index (χ1v) is 9.78. The number of ether oxygens (including phenoxy) is 1. The van der Waals surface area contributed by atoms with E-state index in [4.69, 9.17) is 10.5 Å². The van der Waals surface area contributed by atoms with Gasteiger partial charge in [-0.15, -0.1) is 0 Å². The van der Waals surface area contributed by atoms with Gasteiger partial charge in [0.15, 0.2) is 0 Å². The molecule has 1 amide bonds. The highest BCUT2D eigenvalue weighted by Gasteiger charge is 2.13. The molecule has 0 spiro atoms. The van der Waals surface area contributed by atoms with Crippen LogP contribution in [0.3, 0.4) is 0 Å². The molecular formula is C18H29NO3S. The van der Waals surface area contributed by atoms with Crippen molar-refractivity contribution in [2.75, 3.05) is 12.4 Å². The van der Waals surface area contributed by atoms with Crippen molar-refractivity contribution in [2.24, 2.45) is 11.7 Å². The lowest BCUT2D eigenvalue weighted by atomic mass is 10.0. The molecule has 0 aliphatic rings. The predicted octanol–water partition coefficient (Wildman–Crippen LogP) is 4.04. The number of rotatable bonds is 11. The minimum atomic E-state index is -0.947. The lowest BCUT2D eigenvalue weighted by Crippen LogP contribution is -2.14. The number of carbonyl (C=O) groups is 1. The zero-order valence-electron chi connectivity index (χ0n) is 14.3. The zero-order valence-corrected chi connectivity index (χ0v) is 15.1. The summed E-state index contributed by atoms with van der Waals surface area (Å²) in [6.07, 6.45) is 5.33. The van der Waals surface area contributed by atoms with Crippen LogP contribution in [0, 0.1) is 5.92 Å². The fourth-order valence-electron chi connectivity index (χ4n) is 2.73. The molecule has 0 fully saturated rings. The Hall–Kier alpha value is -1.36. The molecule has 2 N–H and O–H groups in total. The molecule has 0 bridgehead atoms. The fraction of sp³-hybridized carbons (Fsp3) is 0.611. The number of carbonyl (C=O) groups excluding carboxylic acids is 1. The zero-order chi connectivity index (χ0) is 17.1. The van der Waals surface area contributed by atoms with Gasteiger partial charge in [0.05, 0.1) is 17.4 Å². The van der Waals surface area contributed by atoms with Crippen LogP contribution in [0.2, 0.25) is 0 Å². The van der Waals surface area contributed by atoms with Crippen molar-refractivity contribution in [3.63, 3.8) is 0 Å². The van der Waals surface area contributed by atoms with E-state index in [1.54, 1.807) is 0 Å². The quantitative estimate of drug-likeness (QED) is 0.619. The maximum atomic E-state index is 12.6. The molecule has 5 heteroatoms. The SMILES string of the molecule is CCCC(CCC)CS(=O)c1cccc(CCCOC(N)=O)c1. The summed E-state index contributed by atoms with van der Waals surface area (Å²) in [4.78, 5) is 11.4. The second-order valence-electron chi connectivity index (χ2n) is 5.87. The monoisotopic (exact) mass is 339 g/mol. The average molecular weight is 340 g/mol. The molecule has 0 aliphatic carbocycles. The molecule has 1 atom stereocenters. The molecule has 1 unspecified atom stereocenters. The van der Waals surface area contributed by atoms with Gasteiger partial charge in [-0.2, -0.15) is 0 Å². The number of hydrogen-bond acceptors (Lipinski definition) is 3. The predicted molar refractivity (Wildman–Crippen MR) is 94.9 cm³/mol. The standard InChI is InChI=1S/C18H29NO3S/c1-3-7-16(8-4-2)14-23(21)17-11-5-9-15(13-17)10-6-12-22-18(19)20/h5,9,11,13,16H,3-4,6-8,10,12,14H2,1-2H3,(H2,19,20). The molecule has 0 heterocycles. The third-order valence-electron chi connectivity index (χ3n) is 3.80. The number of aryl methyl sites for hydroxylation is 1. The highest BCUT2D eigenvalue weighted by Crippen LogP contribution is 2.19. The van der Waals surface area contributed by atoms with Gasteiger partial charge >= 0.3 is 6.09 Å². The molecule has 1 rings (SSSR count). The van der Waals surface area contributed by atoms with Crippen LogP contribution >= 0.6 is 0 Å². The van der Waals surface area contributed by atoms with Crippen LogP contribution in [0.1, 0.15) is 51.5 Å². The molecule has 23 heavy (non-hydrogen) atoms. The van der Waals surface area contributed by atoms with E-state index >= 15 is 0 Å². The Labute approximate surface area is 142 Å². The number of nitrogens with two attached hydrogens (primary N) is 1. The first kappa shape index (κ1) is 19.7. The Morgan fingerprint density at radius 2 is 1.96 bits per heavy atom. The Morgan fingerprint density at radius 1 is 1.26 bits per heavy atom. The largest absolute Gasteiger partial charge is 0.450 e. The molecule has 0 radical (unpaired) electrons. The van der Waals surface area contributed by atoms with Crippen molar-refractivity contribution >= 4 is 16.9 Å². The minimum absolute atomic E-state index is 0.317. The number of hydrogen-bond donors (Lipinski definition) is 1. The summed E-state index contributed by atoms with van der Waals surface area (Å²) < 4.78 is 17.3. The normalized spacial score (nSPS) is 12.3. The van der Waals surface area contributed by atoms with Gasteiger partial charge in [-0.05, 0) is 49.3 Å². The fourth-order valence-corrected chi connectivity index (χ4v) is 4.20. The van der Waals surface area contributed by atoms with Gasteiger partial charge in [0.1, 0.15) is 0 Å². The molecule has 1 aromatic carbocycles. The van der Waals surface area contributed by atoms with Crippen LogP contribution in [0.5, 0.6) is 0 Å². The van der Waals surface area contributed by atoms with Gasteiger partial charge in [-0.3, -0.25) is 4.21 Å². The van der Waals surface area contributed by atoms with E-state index in [0.717, 1.165) is 48.3 Å². The topological polar surface area (TPSA) is 69.4 Å². The number of amides is 1. The Morgan fingerprint density at radius 3 is 2.57 bits per heavy atom. The van der Waals surface area contributed by atoms with E-state index in [1.807, 2.05) is 24.3 Å². The second-order valence-corrected chi connectivity index (χ2v) is 7.37. The van der Waals surface area contributed by atoms with E-state index in [2.05, 4.69) is 13.8 Å². The third-order valence-corrected chi connectivity index (χ3v) is 5.35. The van der Waals surface area contributed by atoms with Gasteiger partial charge in [0, 0.05) is 10.6 Å². The van der Waals surface area contributed by atoms with Crippen molar-refractivity contribution in [3.05, 3.63) is 29.8 Å². The van der Waals surface area contributed by atoms with Gasteiger partial charge in [-0.25, -0.2) is 4.79 Å². The first-order valence-electron chi connectivity index (χ1n) is 8.46. The van der Waals surface area contributed by atoms with E-state index < -0.39 is 16.9 Å².